The first-order valence-electron chi connectivity index (χ1n) is 23.9. The molecule has 16 atom stereocenters. The summed E-state index contributed by atoms with van der Waals surface area (Å²) in [6.45, 7) is 19.3. The fourth-order valence-corrected chi connectivity index (χ4v) is 10.3. The van der Waals surface area contributed by atoms with E-state index in [1.54, 1.807) is 33.8 Å². The van der Waals surface area contributed by atoms with Gasteiger partial charge >= 0.3 is 5.97 Å². The van der Waals surface area contributed by atoms with Gasteiger partial charge < -0.3 is 34.8 Å². The van der Waals surface area contributed by atoms with Crippen LogP contribution in [0.3, 0.4) is 0 Å². The van der Waals surface area contributed by atoms with Crippen molar-refractivity contribution in [3.05, 3.63) is 47.6 Å². The number of carbonyl (C=O) groups is 4. The van der Waals surface area contributed by atoms with E-state index in [-0.39, 0.29) is 66.1 Å². The first-order chi connectivity index (χ1) is 29.1. The topological polar surface area (TPSA) is 171 Å². The second-order valence-corrected chi connectivity index (χ2v) is 20.3. The lowest BCUT2D eigenvalue weighted by molar-refractivity contribution is -0.316. The van der Waals surface area contributed by atoms with Crippen molar-refractivity contribution in [1.82, 2.24) is 4.90 Å². The maximum atomic E-state index is 14.3. The number of fused-ring (bicyclic) bond motifs is 3. The van der Waals surface area contributed by atoms with Gasteiger partial charge in [-0.05, 0) is 120 Å². The Hall–Kier alpha value is -2.96. The number of aliphatic hydroxyl groups excluding tert-OH is 3. The number of Topliss-reactive ketones (excluding diaryl/α,β-unsaturated/α-hetero) is 2. The fourth-order valence-electron chi connectivity index (χ4n) is 10.3. The zero-order valence-electron chi connectivity index (χ0n) is 39.5. The fraction of sp³-hybridized carbons (Fsp3) is 0.765. The van der Waals surface area contributed by atoms with Crippen LogP contribution in [0.2, 0.25) is 0 Å². The molecule has 1 aliphatic carbocycles. The summed E-state index contributed by atoms with van der Waals surface area (Å²) >= 11 is 0. The molecule has 62 heavy (non-hydrogen) atoms. The predicted molar refractivity (Wildman–Crippen MR) is 241 cm³/mol. The smallest absolute Gasteiger partial charge is 0.329 e. The van der Waals surface area contributed by atoms with Gasteiger partial charge in [0.1, 0.15) is 23.7 Å². The van der Waals surface area contributed by atoms with Gasteiger partial charge in [-0.1, -0.05) is 97.4 Å². The number of esters is 1. The molecule has 1 unspecified atom stereocenters. The highest BCUT2D eigenvalue weighted by molar-refractivity contribution is 5.88. The van der Waals surface area contributed by atoms with E-state index in [4.69, 9.17) is 9.47 Å². The molecule has 1 saturated carbocycles. The number of piperidine rings is 1. The first kappa shape index (κ1) is 51.7. The van der Waals surface area contributed by atoms with Gasteiger partial charge in [-0.2, -0.15) is 0 Å². The van der Waals surface area contributed by atoms with E-state index in [1.165, 1.54) is 4.90 Å². The largest absolute Gasteiger partial charge is 0.460 e. The Morgan fingerprint density at radius 3 is 2.23 bits per heavy atom. The second kappa shape index (κ2) is 23.3. The number of rotatable bonds is 3. The van der Waals surface area contributed by atoms with Gasteiger partial charge in [-0.25, -0.2) is 4.79 Å². The van der Waals surface area contributed by atoms with Gasteiger partial charge in [0.2, 0.25) is 5.79 Å². The van der Waals surface area contributed by atoms with Crippen molar-refractivity contribution >= 4 is 23.4 Å². The van der Waals surface area contributed by atoms with Crippen LogP contribution in [0.25, 0.3) is 0 Å². The maximum absolute atomic E-state index is 14.3. The van der Waals surface area contributed by atoms with Crippen molar-refractivity contribution in [3.8, 4) is 0 Å². The Kier molecular flexibility index (Phi) is 19.4. The molecule has 0 aromatic heterocycles. The Balaban J connectivity index is 1.67. The summed E-state index contributed by atoms with van der Waals surface area (Å²) < 4.78 is 12.6. The molecule has 0 spiro atoms. The standard InChI is InChI=1S/C51H81NO10/c1-30-16-12-11-13-17-31(2)32(3)28-41-21-19-38(9)51(60,62-41)48(57)49(58)52-23-15-14-18-42(52)50(59)61-45(35(6)27-40-20-22-43(53)34(5)26-40)29-44(54)33(4)25-37(8)47(56)39(10)46(55)36(7)24-30/h11-13,16-17,25,30,32-36,38-43,45,47-48,53,56-57,60H,14-15,18-24,26-29H2,1-10H3/b13-11+,16-12+,31-17+,37-25+/t30-,32+,33-,34-,35-,36-,38-,39+,40-,41+,42?,43-,45+,47-,48-,51-/m1/s1. The van der Waals surface area contributed by atoms with Crippen molar-refractivity contribution in [2.75, 3.05) is 6.54 Å². The quantitative estimate of drug-likeness (QED) is 0.162. The average molecular weight is 868 g/mol. The van der Waals surface area contributed by atoms with Gasteiger partial charge in [-0.15, -0.1) is 0 Å². The van der Waals surface area contributed by atoms with E-state index >= 15 is 0 Å². The molecule has 4 rings (SSSR count). The van der Waals surface area contributed by atoms with Crippen LogP contribution in [0.5, 0.6) is 0 Å². The Morgan fingerprint density at radius 1 is 0.823 bits per heavy atom. The van der Waals surface area contributed by atoms with Crippen LogP contribution in [0.15, 0.2) is 47.6 Å². The lowest BCUT2D eigenvalue weighted by atomic mass is 9.75. The number of ketones is 2. The number of hydrogen-bond acceptors (Lipinski definition) is 10. The number of ether oxygens (including phenoxy) is 2. The van der Waals surface area contributed by atoms with Crippen molar-refractivity contribution < 1.29 is 49.1 Å². The van der Waals surface area contributed by atoms with Gasteiger partial charge in [0.15, 0.2) is 6.10 Å². The van der Waals surface area contributed by atoms with Crippen molar-refractivity contribution in [2.24, 2.45) is 53.3 Å². The van der Waals surface area contributed by atoms with E-state index in [0.29, 0.717) is 63.4 Å². The van der Waals surface area contributed by atoms with E-state index < -0.39 is 65.9 Å². The van der Waals surface area contributed by atoms with E-state index in [9.17, 15) is 39.6 Å². The molecule has 1 amide bonds. The van der Waals surface area contributed by atoms with Gasteiger partial charge in [0, 0.05) is 36.6 Å². The van der Waals surface area contributed by atoms with Crippen LogP contribution in [0.1, 0.15) is 146 Å². The Morgan fingerprint density at radius 2 is 1.53 bits per heavy atom. The van der Waals surface area contributed by atoms with Crippen LogP contribution in [-0.4, -0.2) is 97.7 Å². The van der Waals surface area contributed by atoms with Crippen LogP contribution < -0.4 is 0 Å². The van der Waals surface area contributed by atoms with E-state index in [0.717, 1.165) is 18.4 Å². The number of cyclic esters (lactones) is 1. The summed E-state index contributed by atoms with van der Waals surface area (Å²) in [7, 11) is 0. The number of allylic oxidation sites excluding steroid dienone is 7. The molecule has 3 fully saturated rings. The van der Waals surface area contributed by atoms with Crippen molar-refractivity contribution in [2.45, 2.75) is 189 Å². The molecule has 0 radical (unpaired) electrons. The molecule has 2 saturated heterocycles. The predicted octanol–water partition coefficient (Wildman–Crippen LogP) is 7.84. The molecule has 0 aromatic rings. The maximum Gasteiger partial charge on any atom is 0.329 e. The summed E-state index contributed by atoms with van der Waals surface area (Å²) in [6.07, 6.45) is 14.0. The summed E-state index contributed by atoms with van der Waals surface area (Å²) in [4.78, 5) is 57.5. The highest BCUT2D eigenvalue weighted by atomic mass is 16.6. The molecular formula is C51H81NO10. The zero-order chi connectivity index (χ0) is 46.1. The summed E-state index contributed by atoms with van der Waals surface area (Å²) in [5, 5.41) is 45.4. The number of nitrogens with zero attached hydrogens (tertiary/aromatic N) is 1. The number of hydrogen-bond donors (Lipinski definition) is 4. The molecule has 11 nitrogen and oxygen atoms in total. The van der Waals surface area contributed by atoms with Crippen LogP contribution in [-0.2, 0) is 28.7 Å². The zero-order valence-corrected chi connectivity index (χ0v) is 39.5. The molecule has 4 N–H and O–H groups in total. The third kappa shape index (κ3) is 13.5. The second-order valence-electron chi connectivity index (χ2n) is 20.3. The van der Waals surface area contributed by atoms with E-state index in [1.807, 2.05) is 52.0 Å². The summed E-state index contributed by atoms with van der Waals surface area (Å²) in [5.41, 5.74) is 1.63. The van der Waals surface area contributed by atoms with Gasteiger partial charge in [0.05, 0.1) is 18.3 Å². The number of amides is 1. The molecule has 350 valence electrons. The third-order valence-corrected chi connectivity index (χ3v) is 14.9. The van der Waals surface area contributed by atoms with Crippen LogP contribution >= 0.6 is 0 Å². The van der Waals surface area contributed by atoms with Gasteiger partial charge in [-0.3, -0.25) is 14.4 Å². The number of aliphatic hydroxyl groups is 4. The molecule has 3 aliphatic heterocycles. The molecule has 4 aliphatic rings. The van der Waals surface area contributed by atoms with Crippen molar-refractivity contribution in [3.63, 3.8) is 0 Å². The highest BCUT2D eigenvalue weighted by Crippen LogP contribution is 2.39. The minimum atomic E-state index is -2.16. The third-order valence-electron chi connectivity index (χ3n) is 14.9. The van der Waals surface area contributed by atoms with E-state index in [2.05, 4.69) is 19.9 Å². The highest BCUT2D eigenvalue weighted by Gasteiger charge is 2.53. The van der Waals surface area contributed by atoms with Gasteiger partial charge in [0.25, 0.3) is 5.91 Å². The minimum Gasteiger partial charge on any atom is -0.460 e. The van der Waals surface area contributed by atoms with Crippen LogP contribution in [0.4, 0.5) is 0 Å². The molecule has 11 heteroatoms. The molecule has 2 bridgehead atoms. The lowest BCUT2D eigenvalue weighted by Gasteiger charge is -2.46. The molecule has 0 aromatic carbocycles. The molecule has 3 heterocycles. The van der Waals surface area contributed by atoms with Crippen LogP contribution in [0, 0.1) is 53.3 Å². The summed E-state index contributed by atoms with van der Waals surface area (Å²) in [5.74, 6) is -5.63. The Bertz CT molecular complexity index is 1650. The molecular weight excluding hydrogens is 787 g/mol. The lowest BCUT2D eigenvalue weighted by Crippen LogP contribution is -2.63. The normalized spacial score (nSPS) is 43.0. The first-order valence-corrected chi connectivity index (χ1v) is 23.9. The SMILES string of the molecule is C/C1=C\[C@@H](C)C(=O)C[C@@H]([C@H](C)C[C@@H]2CC[C@@H](O)[C@H](C)C2)OC(=O)C2CCCCN2C(=O)[C@@H](O)[C@]2(O)O[C@@H](CC[C@H]2C)C[C@H](C)/C(C)=C/C=C/C=C/[C@@H](C)C[C@@H](C)C(=O)[C@H](C)[C@@H]1O. The average Bonchev–Trinajstić information content (AvgIpc) is 3.23. The monoisotopic (exact) mass is 868 g/mol. The van der Waals surface area contributed by atoms with Crippen molar-refractivity contribution in [1.29, 1.82) is 0 Å². The summed E-state index contributed by atoms with van der Waals surface area (Å²) in [6, 6.07) is -1.02. The Labute approximate surface area is 372 Å². The number of carbonyl (C=O) groups excluding carboxylic acids is 4. The minimum absolute atomic E-state index is 0.0422.